The predicted molar refractivity (Wildman–Crippen MR) is 131 cm³/mol. The van der Waals surface area contributed by atoms with E-state index in [4.69, 9.17) is 4.74 Å². The second kappa shape index (κ2) is 10.1. The van der Waals surface area contributed by atoms with Gasteiger partial charge in [-0.1, -0.05) is 61.9 Å². The van der Waals surface area contributed by atoms with Crippen molar-refractivity contribution in [1.29, 1.82) is 0 Å². The number of hydrogen-bond acceptors (Lipinski definition) is 5. The molecule has 1 heterocycles. The molecule has 33 heavy (non-hydrogen) atoms. The number of carbonyl (C=O) groups is 1. The molecule has 0 atom stereocenters. The van der Waals surface area contributed by atoms with Gasteiger partial charge >= 0.3 is 5.97 Å². The Balaban J connectivity index is 1.57. The van der Waals surface area contributed by atoms with E-state index in [2.05, 4.69) is 33.5 Å². The summed E-state index contributed by atoms with van der Waals surface area (Å²) in [7, 11) is 1.68. The minimum absolute atomic E-state index is 0.310. The molecule has 0 amide bonds. The summed E-state index contributed by atoms with van der Waals surface area (Å²) in [6.07, 6.45) is 3.79. The van der Waals surface area contributed by atoms with Crippen molar-refractivity contribution < 1.29 is 14.6 Å². The largest absolute Gasteiger partial charge is 0.496 e. The molecule has 0 aliphatic heterocycles. The van der Waals surface area contributed by atoms with Gasteiger partial charge in [-0.15, -0.1) is 0 Å². The number of carboxylic acid groups (broad SMARTS) is 1. The maximum atomic E-state index is 12.0. The van der Waals surface area contributed by atoms with Crippen molar-refractivity contribution in [3.63, 3.8) is 0 Å². The topological polar surface area (TPSA) is 84.3 Å². The van der Waals surface area contributed by atoms with E-state index in [1.54, 1.807) is 19.2 Å². The number of aromatic carboxylic acids is 1. The van der Waals surface area contributed by atoms with Crippen LogP contribution in [0.1, 0.15) is 34.8 Å². The fourth-order valence-electron chi connectivity index (χ4n) is 4.23. The lowest BCUT2D eigenvalue weighted by Gasteiger charge is -2.14. The third-order valence-corrected chi connectivity index (χ3v) is 5.73. The van der Waals surface area contributed by atoms with Gasteiger partial charge in [-0.25, -0.2) is 14.8 Å². The Labute approximate surface area is 193 Å². The van der Waals surface area contributed by atoms with Gasteiger partial charge in [0.25, 0.3) is 0 Å². The van der Waals surface area contributed by atoms with Gasteiger partial charge in [0.1, 0.15) is 17.9 Å². The highest BCUT2D eigenvalue weighted by atomic mass is 16.5. The van der Waals surface area contributed by atoms with E-state index in [1.807, 2.05) is 37.3 Å². The fraction of sp³-hybridized carbons (Fsp3) is 0.222. The van der Waals surface area contributed by atoms with Crippen LogP contribution in [-0.2, 0) is 12.8 Å². The number of ether oxygens (including phenoxy) is 1. The highest BCUT2D eigenvalue weighted by Crippen LogP contribution is 2.29. The van der Waals surface area contributed by atoms with Gasteiger partial charge in [0, 0.05) is 23.7 Å². The Kier molecular flexibility index (Phi) is 6.83. The smallest absolute Gasteiger partial charge is 0.336 e. The predicted octanol–water partition coefficient (Wildman–Crippen LogP) is 5.61. The SMILES string of the molecule is CCCc1cccc(-c2cc(NCCc3c(OC)ccc4ccccc34)ncn2)c1C(=O)O. The molecule has 6 heteroatoms. The van der Waals surface area contributed by atoms with Gasteiger partial charge < -0.3 is 15.2 Å². The number of fused-ring (bicyclic) bond motifs is 1. The number of hydrogen-bond donors (Lipinski definition) is 2. The zero-order valence-electron chi connectivity index (χ0n) is 18.8. The van der Waals surface area contributed by atoms with Crippen molar-refractivity contribution in [1.82, 2.24) is 9.97 Å². The van der Waals surface area contributed by atoms with Crippen molar-refractivity contribution in [3.8, 4) is 17.0 Å². The molecule has 4 aromatic rings. The molecule has 6 nitrogen and oxygen atoms in total. The van der Waals surface area contributed by atoms with Gasteiger partial charge in [-0.05, 0) is 35.2 Å². The summed E-state index contributed by atoms with van der Waals surface area (Å²) in [5, 5.41) is 15.5. The second-order valence-electron chi connectivity index (χ2n) is 7.83. The monoisotopic (exact) mass is 441 g/mol. The minimum atomic E-state index is -0.940. The lowest BCUT2D eigenvalue weighted by atomic mass is 9.96. The van der Waals surface area contributed by atoms with Crippen LogP contribution in [0.5, 0.6) is 5.75 Å². The molecule has 0 aliphatic carbocycles. The van der Waals surface area contributed by atoms with Crippen LogP contribution >= 0.6 is 0 Å². The normalized spacial score (nSPS) is 10.8. The van der Waals surface area contributed by atoms with Gasteiger partial charge in [0.2, 0.25) is 0 Å². The van der Waals surface area contributed by atoms with Crippen LogP contribution in [0, 0.1) is 0 Å². The first-order valence-corrected chi connectivity index (χ1v) is 11.1. The Morgan fingerprint density at radius 1 is 1.03 bits per heavy atom. The Morgan fingerprint density at radius 3 is 2.67 bits per heavy atom. The summed E-state index contributed by atoms with van der Waals surface area (Å²) in [5.74, 6) is 0.569. The maximum absolute atomic E-state index is 12.0. The summed E-state index contributed by atoms with van der Waals surface area (Å²) < 4.78 is 5.59. The van der Waals surface area contributed by atoms with Gasteiger partial charge in [-0.3, -0.25) is 0 Å². The molecule has 0 unspecified atom stereocenters. The van der Waals surface area contributed by atoms with E-state index in [0.717, 1.165) is 29.7 Å². The molecule has 3 aromatic carbocycles. The van der Waals surface area contributed by atoms with Gasteiger partial charge in [0.15, 0.2) is 0 Å². The van der Waals surface area contributed by atoms with Crippen molar-refractivity contribution in [2.75, 3.05) is 19.0 Å². The molecule has 0 fully saturated rings. The van der Waals surface area contributed by atoms with Crippen LogP contribution in [0.3, 0.4) is 0 Å². The van der Waals surface area contributed by atoms with Crippen LogP contribution in [-0.4, -0.2) is 34.7 Å². The molecule has 0 spiro atoms. The molecule has 0 bridgehead atoms. The number of rotatable bonds is 9. The van der Waals surface area contributed by atoms with Crippen LogP contribution < -0.4 is 10.1 Å². The van der Waals surface area contributed by atoms with Crippen molar-refractivity contribution >= 4 is 22.6 Å². The van der Waals surface area contributed by atoms with Crippen LogP contribution in [0.15, 0.2) is 67.0 Å². The number of methoxy groups -OCH3 is 1. The maximum Gasteiger partial charge on any atom is 0.336 e. The number of nitrogens with zero attached hydrogens (tertiary/aromatic N) is 2. The third kappa shape index (κ3) is 4.80. The van der Waals surface area contributed by atoms with Crippen molar-refractivity contribution in [2.45, 2.75) is 26.2 Å². The first-order chi connectivity index (χ1) is 16.1. The highest BCUT2D eigenvalue weighted by Gasteiger charge is 2.17. The van der Waals surface area contributed by atoms with Crippen LogP contribution in [0.4, 0.5) is 5.82 Å². The summed E-state index contributed by atoms with van der Waals surface area (Å²) in [6, 6.07) is 19.7. The van der Waals surface area contributed by atoms with Crippen molar-refractivity contribution in [2.24, 2.45) is 0 Å². The Bertz CT molecular complexity index is 1290. The van der Waals surface area contributed by atoms with Crippen molar-refractivity contribution in [3.05, 3.63) is 83.7 Å². The summed E-state index contributed by atoms with van der Waals surface area (Å²) in [6.45, 7) is 2.68. The van der Waals surface area contributed by atoms with Crippen LogP contribution in [0.25, 0.3) is 22.0 Å². The molecule has 4 rings (SSSR count). The van der Waals surface area contributed by atoms with Gasteiger partial charge in [0.05, 0.1) is 18.4 Å². The summed E-state index contributed by atoms with van der Waals surface area (Å²) >= 11 is 0. The second-order valence-corrected chi connectivity index (χ2v) is 7.83. The Morgan fingerprint density at radius 2 is 1.88 bits per heavy atom. The molecule has 0 saturated heterocycles. The zero-order valence-corrected chi connectivity index (χ0v) is 18.8. The summed E-state index contributed by atoms with van der Waals surface area (Å²) in [4.78, 5) is 20.7. The molecule has 0 saturated carbocycles. The van der Waals surface area contributed by atoms with Crippen LogP contribution in [0.2, 0.25) is 0 Å². The number of benzene rings is 3. The molecular formula is C27H27N3O3. The highest BCUT2D eigenvalue weighted by molar-refractivity contribution is 5.97. The van der Waals surface area contributed by atoms with E-state index in [0.29, 0.717) is 35.6 Å². The molecule has 0 aliphatic rings. The zero-order chi connectivity index (χ0) is 23.2. The number of nitrogens with one attached hydrogen (secondary N) is 1. The van der Waals surface area contributed by atoms with E-state index in [-0.39, 0.29) is 0 Å². The first kappa shape index (κ1) is 22.3. The van der Waals surface area contributed by atoms with E-state index in [1.165, 1.54) is 17.1 Å². The van der Waals surface area contributed by atoms with E-state index >= 15 is 0 Å². The number of aryl methyl sites for hydroxylation is 1. The lowest BCUT2D eigenvalue weighted by molar-refractivity contribution is 0.0696. The molecule has 168 valence electrons. The lowest BCUT2D eigenvalue weighted by Crippen LogP contribution is -2.09. The third-order valence-electron chi connectivity index (χ3n) is 5.73. The molecule has 1 aromatic heterocycles. The molecular weight excluding hydrogens is 414 g/mol. The average Bonchev–Trinajstić information content (AvgIpc) is 2.84. The average molecular weight is 442 g/mol. The standard InChI is InChI=1S/C27H27N3O3/c1-3-7-19-9-6-11-22(26(19)27(31)32)23-16-25(30-17-29-23)28-15-14-21-20-10-5-4-8-18(20)12-13-24(21)33-2/h4-6,8-13,16-17H,3,7,14-15H2,1-2H3,(H,31,32)(H,28,29,30). The Hall–Kier alpha value is -3.93. The van der Waals surface area contributed by atoms with E-state index < -0.39 is 5.97 Å². The minimum Gasteiger partial charge on any atom is -0.496 e. The molecule has 2 N–H and O–H groups in total. The number of aromatic nitrogens is 2. The fourth-order valence-corrected chi connectivity index (χ4v) is 4.23. The quantitative estimate of drug-likeness (QED) is 0.351. The van der Waals surface area contributed by atoms with Gasteiger partial charge in [-0.2, -0.15) is 0 Å². The number of carboxylic acids is 1. The first-order valence-electron chi connectivity index (χ1n) is 11.1. The summed E-state index contributed by atoms with van der Waals surface area (Å²) in [5.41, 5.74) is 3.46. The molecule has 0 radical (unpaired) electrons. The van der Waals surface area contributed by atoms with E-state index in [9.17, 15) is 9.90 Å². The number of anilines is 1.